The second kappa shape index (κ2) is 10.1. The Kier molecular flexibility index (Phi) is 6.86. The Morgan fingerprint density at radius 3 is 2.47 bits per heavy atom. The molecular formula is C23H23N5O3S. The monoisotopic (exact) mass is 449 g/mol. The summed E-state index contributed by atoms with van der Waals surface area (Å²) in [5.74, 6) is -0.378. The van der Waals surface area contributed by atoms with Gasteiger partial charge in [-0.2, -0.15) is 0 Å². The van der Waals surface area contributed by atoms with Gasteiger partial charge >= 0.3 is 0 Å². The van der Waals surface area contributed by atoms with Crippen molar-refractivity contribution in [3.63, 3.8) is 0 Å². The number of anilines is 1. The molecule has 0 radical (unpaired) electrons. The molecule has 4 rings (SSSR count). The summed E-state index contributed by atoms with van der Waals surface area (Å²) in [6.07, 6.45) is 4.76. The van der Waals surface area contributed by atoms with E-state index in [1.165, 1.54) is 11.3 Å². The zero-order valence-electron chi connectivity index (χ0n) is 17.4. The van der Waals surface area contributed by atoms with Crippen molar-refractivity contribution in [3.8, 4) is 0 Å². The molecule has 1 aromatic carbocycles. The first-order chi connectivity index (χ1) is 15.6. The van der Waals surface area contributed by atoms with Gasteiger partial charge in [0.25, 0.3) is 11.8 Å². The maximum absolute atomic E-state index is 12.7. The van der Waals surface area contributed by atoms with Crippen molar-refractivity contribution < 1.29 is 14.4 Å². The summed E-state index contributed by atoms with van der Waals surface area (Å²) in [4.78, 5) is 47.3. The van der Waals surface area contributed by atoms with Gasteiger partial charge in [0.1, 0.15) is 0 Å². The molecule has 0 aliphatic carbocycles. The highest BCUT2D eigenvalue weighted by atomic mass is 32.1. The summed E-state index contributed by atoms with van der Waals surface area (Å²) < 4.78 is 0. The molecule has 0 spiro atoms. The Labute approximate surface area is 189 Å². The average molecular weight is 450 g/mol. The molecule has 0 saturated carbocycles. The normalized spacial score (nSPS) is 14.1. The second-order valence-electron chi connectivity index (χ2n) is 7.51. The average Bonchev–Trinajstić information content (AvgIpc) is 3.27. The molecule has 1 aliphatic heterocycles. The molecule has 2 N–H and O–H groups in total. The van der Waals surface area contributed by atoms with Gasteiger partial charge in [0.15, 0.2) is 5.13 Å². The smallest absolute Gasteiger partial charge is 0.257 e. The number of piperidine rings is 1. The van der Waals surface area contributed by atoms with Crippen LogP contribution in [0.25, 0.3) is 0 Å². The van der Waals surface area contributed by atoms with Crippen molar-refractivity contribution in [1.29, 1.82) is 0 Å². The summed E-state index contributed by atoms with van der Waals surface area (Å²) >= 11 is 1.30. The number of carbonyl (C=O) groups excluding carboxylic acids is 3. The number of likely N-dealkylation sites (tertiary alicyclic amines) is 1. The van der Waals surface area contributed by atoms with Gasteiger partial charge in [-0.3, -0.25) is 24.7 Å². The third kappa shape index (κ3) is 5.55. The molecule has 3 aromatic rings. The summed E-state index contributed by atoms with van der Waals surface area (Å²) in [7, 11) is 0. The number of aromatic nitrogens is 2. The van der Waals surface area contributed by atoms with Crippen molar-refractivity contribution >= 4 is 34.2 Å². The fourth-order valence-electron chi connectivity index (χ4n) is 3.51. The number of thiazole rings is 1. The Balaban J connectivity index is 1.24. The van der Waals surface area contributed by atoms with E-state index >= 15 is 0 Å². The molecule has 32 heavy (non-hydrogen) atoms. The van der Waals surface area contributed by atoms with Crippen LogP contribution in [0.4, 0.5) is 5.13 Å². The topological polar surface area (TPSA) is 104 Å². The highest BCUT2D eigenvalue weighted by Crippen LogP contribution is 2.19. The van der Waals surface area contributed by atoms with Gasteiger partial charge in [0, 0.05) is 42.5 Å². The van der Waals surface area contributed by atoms with E-state index in [2.05, 4.69) is 20.6 Å². The van der Waals surface area contributed by atoms with Gasteiger partial charge in [-0.1, -0.05) is 18.2 Å². The lowest BCUT2D eigenvalue weighted by molar-refractivity contribution is -0.131. The Bertz CT molecular complexity index is 1080. The van der Waals surface area contributed by atoms with Crippen molar-refractivity contribution in [2.24, 2.45) is 0 Å². The van der Waals surface area contributed by atoms with Crippen LogP contribution >= 0.6 is 11.3 Å². The molecule has 0 atom stereocenters. The van der Waals surface area contributed by atoms with E-state index in [0.29, 0.717) is 47.9 Å². The zero-order chi connectivity index (χ0) is 22.3. The third-order valence-corrected chi connectivity index (χ3v) is 6.05. The van der Waals surface area contributed by atoms with E-state index in [-0.39, 0.29) is 30.2 Å². The molecule has 0 bridgehead atoms. The summed E-state index contributed by atoms with van der Waals surface area (Å²) in [5.41, 5.74) is 1.72. The van der Waals surface area contributed by atoms with Crippen LogP contribution < -0.4 is 10.6 Å². The highest BCUT2D eigenvalue weighted by molar-refractivity contribution is 7.14. The number of amides is 3. The second-order valence-corrected chi connectivity index (χ2v) is 8.37. The molecule has 9 heteroatoms. The van der Waals surface area contributed by atoms with Gasteiger partial charge < -0.3 is 10.2 Å². The van der Waals surface area contributed by atoms with Crippen LogP contribution in [0.1, 0.15) is 39.3 Å². The minimum absolute atomic E-state index is 0.00623. The molecule has 164 valence electrons. The maximum atomic E-state index is 12.7. The van der Waals surface area contributed by atoms with Gasteiger partial charge in [-0.15, -0.1) is 11.3 Å². The van der Waals surface area contributed by atoms with Crippen LogP contribution in [0.3, 0.4) is 0 Å². The van der Waals surface area contributed by atoms with E-state index in [1.807, 2.05) is 6.07 Å². The number of hydrogen-bond donors (Lipinski definition) is 2. The fraction of sp³-hybridized carbons (Fsp3) is 0.261. The summed E-state index contributed by atoms with van der Waals surface area (Å²) in [6, 6.07) is 12.4. The molecular weight excluding hydrogens is 426 g/mol. The first-order valence-corrected chi connectivity index (χ1v) is 11.3. The third-order valence-electron chi connectivity index (χ3n) is 5.25. The van der Waals surface area contributed by atoms with Crippen molar-refractivity contribution in [2.75, 3.05) is 18.4 Å². The van der Waals surface area contributed by atoms with E-state index in [9.17, 15) is 14.4 Å². The fourth-order valence-corrected chi connectivity index (χ4v) is 4.22. The minimum Gasteiger partial charge on any atom is -0.349 e. The van der Waals surface area contributed by atoms with Crippen LogP contribution in [0.15, 0.2) is 60.2 Å². The first kappa shape index (κ1) is 21.6. The van der Waals surface area contributed by atoms with Gasteiger partial charge in [-0.25, -0.2) is 4.98 Å². The first-order valence-electron chi connectivity index (χ1n) is 10.4. The predicted octanol–water partition coefficient (Wildman–Crippen LogP) is 2.75. The molecule has 3 amide bonds. The lowest BCUT2D eigenvalue weighted by Gasteiger charge is -2.32. The Hall–Kier alpha value is -3.59. The summed E-state index contributed by atoms with van der Waals surface area (Å²) in [6.45, 7) is 1.16. The van der Waals surface area contributed by atoms with Gasteiger partial charge in [0.2, 0.25) is 5.91 Å². The van der Waals surface area contributed by atoms with Crippen molar-refractivity contribution in [3.05, 3.63) is 77.1 Å². The molecule has 0 unspecified atom stereocenters. The van der Waals surface area contributed by atoms with E-state index in [1.54, 1.807) is 59.1 Å². The number of benzene rings is 1. The number of nitrogens with zero attached hydrogens (tertiary/aromatic N) is 3. The van der Waals surface area contributed by atoms with E-state index in [4.69, 9.17) is 0 Å². The molecule has 1 saturated heterocycles. The lowest BCUT2D eigenvalue weighted by atomic mass is 10.0. The van der Waals surface area contributed by atoms with Crippen LogP contribution in [-0.4, -0.2) is 51.7 Å². The largest absolute Gasteiger partial charge is 0.349 e. The van der Waals surface area contributed by atoms with Crippen LogP contribution in [-0.2, 0) is 11.2 Å². The molecule has 8 nitrogen and oxygen atoms in total. The number of carbonyl (C=O) groups is 3. The molecule has 1 fully saturated rings. The predicted molar refractivity (Wildman–Crippen MR) is 122 cm³/mol. The zero-order valence-corrected chi connectivity index (χ0v) is 18.2. The standard InChI is InChI=1S/C23H23N5O3S/c29-20(13-19-15-32-23(26-19)27-21(30)16-5-2-1-3-6-16)28-11-8-18(9-12-28)25-22(31)17-7-4-10-24-14-17/h1-7,10,14-15,18H,8-9,11-13H2,(H,25,31)(H,26,27,30). The lowest BCUT2D eigenvalue weighted by Crippen LogP contribution is -2.47. The van der Waals surface area contributed by atoms with Gasteiger partial charge in [-0.05, 0) is 37.1 Å². The summed E-state index contributed by atoms with van der Waals surface area (Å²) in [5, 5.41) is 8.04. The van der Waals surface area contributed by atoms with Crippen molar-refractivity contribution in [2.45, 2.75) is 25.3 Å². The van der Waals surface area contributed by atoms with Gasteiger partial charge in [0.05, 0.1) is 17.7 Å². The molecule has 1 aliphatic rings. The van der Waals surface area contributed by atoms with Crippen LogP contribution in [0, 0.1) is 0 Å². The van der Waals surface area contributed by atoms with Crippen molar-refractivity contribution in [1.82, 2.24) is 20.2 Å². The minimum atomic E-state index is -0.228. The number of hydrogen-bond acceptors (Lipinski definition) is 6. The Morgan fingerprint density at radius 1 is 1.00 bits per heavy atom. The number of nitrogens with one attached hydrogen (secondary N) is 2. The van der Waals surface area contributed by atoms with Crippen LogP contribution in [0.5, 0.6) is 0 Å². The van der Waals surface area contributed by atoms with E-state index in [0.717, 1.165) is 0 Å². The van der Waals surface area contributed by atoms with Crippen LogP contribution in [0.2, 0.25) is 0 Å². The van der Waals surface area contributed by atoms with E-state index < -0.39 is 0 Å². The number of rotatable bonds is 6. The SMILES string of the molecule is O=C(Nc1nc(CC(=O)N2CCC(NC(=O)c3cccnc3)CC2)cs1)c1ccccc1. The maximum Gasteiger partial charge on any atom is 0.257 e. The molecule has 3 heterocycles. The Morgan fingerprint density at radius 2 is 1.75 bits per heavy atom. The number of pyridine rings is 1. The highest BCUT2D eigenvalue weighted by Gasteiger charge is 2.24. The molecule has 2 aromatic heterocycles. The quantitative estimate of drug-likeness (QED) is 0.602.